The van der Waals surface area contributed by atoms with Gasteiger partial charge in [-0.3, -0.25) is 19.4 Å². The van der Waals surface area contributed by atoms with E-state index in [-0.39, 0.29) is 32.8 Å². The summed E-state index contributed by atoms with van der Waals surface area (Å²) >= 11 is 6.30. The van der Waals surface area contributed by atoms with Gasteiger partial charge in [0.15, 0.2) is 0 Å². The van der Waals surface area contributed by atoms with Gasteiger partial charge in [0, 0.05) is 37.7 Å². The normalized spacial score (nSPS) is 13.2. The number of alkyl carbamates (subject to hydrolysis) is 2. The van der Waals surface area contributed by atoms with E-state index < -0.39 is 30.0 Å². The fourth-order valence-corrected chi connectivity index (χ4v) is 4.65. The first-order valence-corrected chi connectivity index (χ1v) is 14.5. The maximum atomic E-state index is 13.4. The second-order valence-electron chi connectivity index (χ2n) is 9.73. The number of carbonyl (C=O) groups is 4. The van der Waals surface area contributed by atoms with E-state index in [4.69, 9.17) is 21.1 Å². The van der Waals surface area contributed by atoms with Gasteiger partial charge in [0.2, 0.25) is 0 Å². The number of fused-ring (bicyclic) bond motifs is 1. The highest BCUT2D eigenvalue weighted by Crippen LogP contribution is 2.33. The Morgan fingerprint density at radius 2 is 1.39 bits per heavy atom. The molecule has 1 atom stereocenters. The van der Waals surface area contributed by atoms with Gasteiger partial charge < -0.3 is 20.1 Å². The van der Waals surface area contributed by atoms with E-state index in [2.05, 4.69) is 10.6 Å². The summed E-state index contributed by atoms with van der Waals surface area (Å²) in [4.78, 5) is 54.2. The van der Waals surface area contributed by atoms with Gasteiger partial charge >= 0.3 is 12.2 Å². The molecule has 0 fully saturated rings. The molecule has 222 valence electrons. The number of imide groups is 1. The first-order valence-electron chi connectivity index (χ1n) is 14.1. The summed E-state index contributed by atoms with van der Waals surface area (Å²) in [5, 5.41) is 5.89. The van der Waals surface area contributed by atoms with E-state index >= 15 is 0 Å². The molecule has 1 aliphatic heterocycles. The van der Waals surface area contributed by atoms with Gasteiger partial charge in [0.05, 0.1) is 17.2 Å². The predicted molar refractivity (Wildman–Crippen MR) is 156 cm³/mol. The van der Waals surface area contributed by atoms with Gasteiger partial charge in [-0.2, -0.15) is 0 Å². The molecule has 0 spiro atoms. The van der Waals surface area contributed by atoms with Crippen molar-refractivity contribution < 1.29 is 28.7 Å². The second kappa shape index (κ2) is 16.6. The molecule has 41 heavy (non-hydrogen) atoms. The Bertz CT molecular complexity index is 1130. The Kier molecular flexibility index (Phi) is 12.9. The zero-order valence-corrected chi connectivity index (χ0v) is 24.5. The largest absolute Gasteiger partial charge is 0.448 e. The third-order valence-corrected chi connectivity index (χ3v) is 6.92. The molecule has 2 aromatic carbocycles. The average Bonchev–Trinajstić information content (AvgIpc) is 3.21. The molecule has 4 amide bonds. The number of ether oxygens (including phenoxy) is 2. The van der Waals surface area contributed by atoms with E-state index in [1.807, 2.05) is 24.8 Å². The molecule has 0 aromatic heterocycles. The zero-order chi connectivity index (χ0) is 29.6. The quantitative estimate of drug-likeness (QED) is 0.209. The van der Waals surface area contributed by atoms with Crippen LogP contribution in [0.4, 0.5) is 9.59 Å². The molecular formula is C30H39ClN4O6. The van der Waals surface area contributed by atoms with Crippen molar-refractivity contribution in [3.05, 3.63) is 70.2 Å². The van der Waals surface area contributed by atoms with Crippen LogP contribution in [0.15, 0.2) is 48.5 Å². The van der Waals surface area contributed by atoms with Crippen molar-refractivity contribution in [3.63, 3.8) is 0 Å². The van der Waals surface area contributed by atoms with Crippen LogP contribution < -0.4 is 10.6 Å². The lowest BCUT2D eigenvalue weighted by molar-refractivity contribution is 0.0512. The van der Waals surface area contributed by atoms with Crippen molar-refractivity contribution in [2.75, 3.05) is 45.9 Å². The molecule has 0 bridgehead atoms. The lowest BCUT2D eigenvalue weighted by Gasteiger charge is -2.32. The summed E-state index contributed by atoms with van der Waals surface area (Å²) in [6, 6.07) is 13.0. The van der Waals surface area contributed by atoms with Crippen LogP contribution in [0.5, 0.6) is 0 Å². The third-order valence-electron chi connectivity index (χ3n) is 6.68. The number of benzene rings is 2. The maximum Gasteiger partial charge on any atom is 0.407 e. The van der Waals surface area contributed by atoms with Crippen molar-refractivity contribution in [1.29, 1.82) is 0 Å². The molecule has 0 saturated heterocycles. The van der Waals surface area contributed by atoms with Gasteiger partial charge in [-0.25, -0.2) is 9.59 Å². The van der Waals surface area contributed by atoms with Gasteiger partial charge in [-0.15, -0.1) is 0 Å². The number of hydrogen-bond acceptors (Lipinski definition) is 7. The third kappa shape index (κ3) is 9.47. The molecular weight excluding hydrogens is 548 g/mol. The number of hydrogen-bond donors (Lipinski definition) is 2. The number of amides is 4. The van der Waals surface area contributed by atoms with E-state index in [9.17, 15) is 19.2 Å². The molecule has 0 saturated carbocycles. The average molecular weight is 587 g/mol. The second-order valence-corrected chi connectivity index (χ2v) is 10.2. The molecule has 0 radical (unpaired) electrons. The highest BCUT2D eigenvalue weighted by Gasteiger charge is 2.41. The molecule has 2 aromatic rings. The van der Waals surface area contributed by atoms with Crippen LogP contribution >= 0.6 is 11.6 Å². The highest BCUT2D eigenvalue weighted by molar-refractivity contribution is 6.30. The van der Waals surface area contributed by atoms with Gasteiger partial charge in [0.1, 0.15) is 13.2 Å². The molecule has 1 aliphatic rings. The van der Waals surface area contributed by atoms with Crippen LogP contribution in [-0.2, 0) is 9.47 Å². The molecule has 2 N–H and O–H groups in total. The summed E-state index contributed by atoms with van der Waals surface area (Å²) in [5.41, 5.74) is 1.36. The summed E-state index contributed by atoms with van der Waals surface area (Å²) in [6.07, 6.45) is 2.56. The maximum absolute atomic E-state index is 13.4. The van der Waals surface area contributed by atoms with Gasteiger partial charge in [-0.1, -0.05) is 62.6 Å². The van der Waals surface area contributed by atoms with Crippen molar-refractivity contribution in [2.45, 2.75) is 45.6 Å². The number of nitrogens with zero attached hydrogens (tertiary/aromatic N) is 2. The first kappa shape index (κ1) is 31.9. The molecule has 0 aliphatic carbocycles. The summed E-state index contributed by atoms with van der Waals surface area (Å²) in [6.45, 7) is 5.99. The number of nitrogens with one attached hydrogen (secondary N) is 2. The van der Waals surface area contributed by atoms with E-state index in [0.29, 0.717) is 34.8 Å². The minimum Gasteiger partial charge on any atom is -0.448 e. The van der Waals surface area contributed by atoms with E-state index in [1.54, 1.807) is 42.5 Å². The number of unbranched alkanes of at least 4 members (excludes halogenated alkanes) is 2. The minimum absolute atomic E-state index is 0.0606. The smallest absolute Gasteiger partial charge is 0.407 e. The standard InChI is InChI=1S/C30H39ClN4O6/c1-3-5-14-32-29(38)40-18-16-34(17-19-41-30(39)33-15-6-4-2)21-26(22-10-9-11-23(31)20-22)35-27(36)24-12-7-8-13-25(24)28(35)37/h7-13,20,26H,3-6,14-19,21H2,1-2H3,(H,32,38)(H,33,39). The molecule has 10 nitrogen and oxygen atoms in total. The van der Waals surface area contributed by atoms with Crippen LogP contribution in [-0.4, -0.2) is 79.7 Å². The molecule has 3 rings (SSSR count). The predicted octanol–water partition coefficient (Wildman–Crippen LogP) is 5.03. The Balaban J connectivity index is 1.77. The van der Waals surface area contributed by atoms with Crippen LogP contribution in [0.1, 0.15) is 71.9 Å². The monoisotopic (exact) mass is 586 g/mol. The van der Waals surface area contributed by atoms with Crippen LogP contribution in [0, 0.1) is 0 Å². The van der Waals surface area contributed by atoms with Crippen LogP contribution in [0.2, 0.25) is 5.02 Å². The molecule has 11 heteroatoms. The van der Waals surface area contributed by atoms with Crippen LogP contribution in [0.3, 0.4) is 0 Å². The molecule has 1 unspecified atom stereocenters. The van der Waals surface area contributed by atoms with E-state index in [1.165, 1.54) is 4.90 Å². The lowest BCUT2D eigenvalue weighted by atomic mass is 10.0. The number of rotatable bonds is 16. The van der Waals surface area contributed by atoms with E-state index in [0.717, 1.165) is 25.7 Å². The Hall–Kier alpha value is -3.63. The van der Waals surface area contributed by atoms with Crippen molar-refractivity contribution in [3.8, 4) is 0 Å². The van der Waals surface area contributed by atoms with Crippen molar-refractivity contribution in [1.82, 2.24) is 20.4 Å². The highest BCUT2D eigenvalue weighted by atomic mass is 35.5. The van der Waals surface area contributed by atoms with Gasteiger partial charge in [0.25, 0.3) is 11.8 Å². The topological polar surface area (TPSA) is 117 Å². The Morgan fingerprint density at radius 3 is 1.88 bits per heavy atom. The lowest BCUT2D eigenvalue weighted by Crippen LogP contribution is -2.43. The summed E-state index contributed by atoms with van der Waals surface area (Å²) in [7, 11) is 0. The molecule has 1 heterocycles. The van der Waals surface area contributed by atoms with Crippen molar-refractivity contribution in [2.24, 2.45) is 0 Å². The van der Waals surface area contributed by atoms with Crippen molar-refractivity contribution >= 4 is 35.6 Å². The summed E-state index contributed by atoms with van der Waals surface area (Å²) in [5.74, 6) is -0.790. The number of halogens is 1. The Labute approximate surface area is 246 Å². The zero-order valence-electron chi connectivity index (χ0n) is 23.7. The first-order chi connectivity index (χ1) is 19.8. The Morgan fingerprint density at radius 1 is 0.854 bits per heavy atom. The fourth-order valence-electron chi connectivity index (χ4n) is 4.45. The SMILES string of the molecule is CCCCNC(=O)OCCN(CCOC(=O)NCCCC)CC(c1cccc(Cl)c1)N1C(=O)c2ccccc2C1=O. The number of carbonyl (C=O) groups excluding carboxylic acids is 4. The fraction of sp³-hybridized carbons (Fsp3) is 0.467. The summed E-state index contributed by atoms with van der Waals surface area (Å²) < 4.78 is 10.7. The van der Waals surface area contributed by atoms with Crippen LogP contribution in [0.25, 0.3) is 0 Å². The van der Waals surface area contributed by atoms with Gasteiger partial charge in [-0.05, 0) is 42.7 Å². The minimum atomic E-state index is -0.696.